The van der Waals surface area contributed by atoms with Crippen LogP contribution in [0.3, 0.4) is 0 Å². The van der Waals surface area contributed by atoms with Crippen LogP contribution in [0, 0.1) is 6.92 Å². The van der Waals surface area contributed by atoms with Crippen molar-refractivity contribution in [3.63, 3.8) is 0 Å². The van der Waals surface area contributed by atoms with Crippen molar-refractivity contribution < 1.29 is 4.74 Å². The van der Waals surface area contributed by atoms with Crippen molar-refractivity contribution >= 4 is 12.4 Å². The summed E-state index contributed by atoms with van der Waals surface area (Å²) >= 11 is 0. The lowest BCUT2D eigenvalue weighted by atomic mass is 10.0. The minimum absolute atomic E-state index is 0. The number of rotatable bonds is 6. The van der Waals surface area contributed by atoms with Crippen LogP contribution < -0.4 is 10.5 Å². The zero-order valence-corrected chi connectivity index (χ0v) is 15.1. The van der Waals surface area contributed by atoms with Crippen molar-refractivity contribution in [2.24, 2.45) is 5.73 Å². The van der Waals surface area contributed by atoms with Crippen LogP contribution in [-0.2, 0) is 13.0 Å². The van der Waals surface area contributed by atoms with E-state index < -0.39 is 0 Å². The molecule has 2 heterocycles. The molecule has 2 aromatic heterocycles. The Kier molecular flexibility index (Phi) is 6.50. The van der Waals surface area contributed by atoms with E-state index in [1.54, 1.807) is 7.11 Å². The molecule has 3 rings (SSSR count). The molecule has 1 aromatic carbocycles. The van der Waals surface area contributed by atoms with Crippen molar-refractivity contribution in [1.82, 2.24) is 20.0 Å². The molecule has 1 atom stereocenters. The summed E-state index contributed by atoms with van der Waals surface area (Å²) in [6.07, 6.45) is 4.40. The Balaban J connectivity index is 0.00000225. The van der Waals surface area contributed by atoms with Gasteiger partial charge in [-0.2, -0.15) is 0 Å². The van der Waals surface area contributed by atoms with E-state index in [0.717, 1.165) is 22.4 Å². The molecular formula is C18H22ClN5O. The number of halogens is 1. The zero-order valence-electron chi connectivity index (χ0n) is 14.3. The van der Waals surface area contributed by atoms with Gasteiger partial charge in [0.1, 0.15) is 0 Å². The molecule has 1 unspecified atom stereocenters. The quantitative estimate of drug-likeness (QED) is 0.732. The van der Waals surface area contributed by atoms with Crippen molar-refractivity contribution in [2.45, 2.75) is 25.9 Å². The Morgan fingerprint density at radius 2 is 2.00 bits per heavy atom. The van der Waals surface area contributed by atoms with Gasteiger partial charge in [0.05, 0.1) is 19.3 Å². The largest absolute Gasteiger partial charge is 0.481 e. The highest BCUT2D eigenvalue weighted by Crippen LogP contribution is 2.16. The Morgan fingerprint density at radius 3 is 2.68 bits per heavy atom. The number of methoxy groups -OCH3 is 1. The molecular weight excluding hydrogens is 338 g/mol. The summed E-state index contributed by atoms with van der Waals surface area (Å²) in [5.41, 5.74) is 10.4. The molecule has 0 aliphatic heterocycles. The zero-order chi connectivity index (χ0) is 16.9. The van der Waals surface area contributed by atoms with Crippen LogP contribution in [0.5, 0.6) is 5.88 Å². The lowest BCUT2D eigenvalue weighted by Gasteiger charge is -2.09. The van der Waals surface area contributed by atoms with Gasteiger partial charge in [0.15, 0.2) is 0 Å². The standard InChI is InChI=1S/C18H21N5O.ClH/c1-13-8-18(24-2)20-10-15(13)11-23-12-16(21-22-23)9-17(19)14-6-4-3-5-7-14;/h3-8,10,12,17H,9,11,19H2,1-2H3;1H. The van der Waals surface area contributed by atoms with Gasteiger partial charge < -0.3 is 10.5 Å². The second-order valence-corrected chi connectivity index (χ2v) is 5.78. The summed E-state index contributed by atoms with van der Waals surface area (Å²) in [5, 5.41) is 8.42. The summed E-state index contributed by atoms with van der Waals surface area (Å²) in [5.74, 6) is 0.615. The second kappa shape index (κ2) is 8.60. The van der Waals surface area contributed by atoms with E-state index in [1.807, 2.05) is 60.4 Å². The van der Waals surface area contributed by atoms with Gasteiger partial charge in [-0.05, 0) is 23.6 Å². The highest BCUT2D eigenvalue weighted by molar-refractivity contribution is 5.85. The van der Waals surface area contributed by atoms with Crippen LogP contribution >= 0.6 is 12.4 Å². The van der Waals surface area contributed by atoms with E-state index in [4.69, 9.17) is 10.5 Å². The number of nitrogens with zero attached hydrogens (tertiary/aromatic N) is 4. The van der Waals surface area contributed by atoms with Crippen molar-refractivity contribution in [2.75, 3.05) is 7.11 Å². The van der Waals surface area contributed by atoms with Crippen molar-refractivity contribution in [3.8, 4) is 5.88 Å². The van der Waals surface area contributed by atoms with Gasteiger partial charge in [0.25, 0.3) is 0 Å². The number of pyridine rings is 1. The molecule has 25 heavy (non-hydrogen) atoms. The maximum atomic E-state index is 6.24. The van der Waals surface area contributed by atoms with Gasteiger partial charge in [-0.3, -0.25) is 0 Å². The average Bonchev–Trinajstić information content (AvgIpc) is 3.04. The number of nitrogens with two attached hydrogens (primary N) is 1. The Bertz CT molecular complexity index is 806. The highest BCUT2D eigenvalue weighted by atomic mass is 35.5. The molecule has 3 aromatic rings. The van der Waals surface area contributed by atoms with Gasteiger partial charge >= 0.3 is 0 Å². The van der Waals surface area contributed by atoms with E-state index in [-0.39, 0.29) is 18.4 Å². The number of benzene rings is 1. The first-order chi connectivity index (χ1) is 11.7. The summed E-state index contributed by atoms with van der Waals surface area (Å²) in [6.45, 7) is 2.65. The molecule has 0 fully saturated rings. The summed E-state index contributed by atoms with van der Waals surface area (Å²) < 4.78 is 6.94. The lowest BCUT2D eigenvalue weighted by Crippen LogP contribution is -2.13. The number of hydrogen-bond donors (Lipinski definition) is 1. The third kappa shape index (κ3) is 4.78. The van der Waals surface area contributed by atoms with Gasteiger partial charge in [-0.1, -0.05) is 35.5 Å². The van der Waals surface area contributed by atoms with Gasteiger partial charge in [-0.25, -0.2) is 9.67 Å². The maximum absolute atomic E-state index is 6.24. The van der Waals surface area contributed by atoms with Crippen LogP contribution in [0.4, 0.5) is 0 Å². The average molecular weight is 360 g/mol. The third-order valence-electron chi connectivity index (χ3n) is 3.98. The first-order valence-electron chi connectivity index (χ1n) is 7.84. The molecule has 0 aliphatic rings. The molecule has 0 aliphatic carbocycles. The molecule has 6 nitrogen and oxygen atoms in total. The number of aryl methyl sites for hydroxylation is 1. The molecule has 0 bridgehead atoms. The fraction of sp³-hybridized carbons (Fsp3) is 0.278. The lowest BCUT2D eigenvalue weighted by molar-refractivity contribution is 0.397. The minimum Gasteiger partial charge on any atom is -0.481 e. The molecule has 2 N–H and O–H groups in total. The van der Waals surface area contributed by atoms with Crippen LogP contribution in [0.15, 0.2) is 48.8 Å². The van der Waals surface area contributed by atoms with Crippen LogP contribution in [0.2, 0.25) is 0 Å². The topological polar surface area (TPSA) is 78.9 Å². The number of aromatic nitrogens is 4. The third-order valence-corrected chi connectivity index (χ3v) is 3.98. The van der Waals surface area contributed by atoms with Crippen LogP contribution in [0.1, 0.15) is 28.4 Å². The summed E-state index contributed by atoms with van der Waals surface area (Å²) in [4.78, 5) is 4.25. The van der Waals surface area contributed by atoms with E-state index in [0.29, 0.717) is 18.8 Å². The van der Waals surface area contributed by atoms with Gasteiger partial charge in [0.2, 0.25) is 5.88 Å². The Morgan fingerprint density at radius 1 is 1.24 bits per heavy atom. The molecule has 0 saturated carbocycles. The van der Waals surface area contributed by atoms with Crippen LogP contribution in [-0.4, -0.2) is 27.1 Å². The van der Waals surface area contributed by atoms with Crippen molar-refractivity contribution in [1.29, 1.82) is 0 Å². The predicted molar refractivity (Wildman–Crippen MR) is 99.0 cm³/mol. The normalized spacial score (nSPS) is 11.6. The number of hydrogen-bond acceptors (Lipinski definition) is 5. The minimum atomic E-state index is -0.0826. The monoisotopic (exact) mass is 359 g/mol. The van der Waals surface area contributed by atoms with Gasteiger partial charge in [0, 0.05) is 30.9 Å². The smallest absolute Gasteiger partial charge is 0.213 e. The van der Waals surface area contributed by atoms with Crippen LogP contribution in [0.25, 0.3) is 0 Å². The molecule has 0 radical (unpaired) electrons. The Hall–Kier alpha value is -2.44. The number of ether oxygens (including phenoxy) is 1. The first-order valence-corrected chi connectivity index (χ1v) is 7.84. The fourth-order valence-corrected chi connectivity index (χ4v) is 2.56. The molecule has 7 heteroatoms. The van der Waals surface area contributed by atoms with E-state index in [2.05, 4.69) is 15.3 Å². The summed E-state index contributed by atoms with van der Waals surface area (Å²) in [7, 11) is 1.61. The van der Waals surface area contributed by atoms with Crippen molar-refractivity contribution in [3.05, 3.63) is 71.2 Å². The van der Waals surface area contributed by atoms with E-state index >= 15 is 0 Å². The SMILES string of the molecule is COc1cc(C)c(Cn2cc(CC(N)c3ccccc3)nn2)cn1.Cl. The molecule has 132 valence electrons. The van der Waals surface area contributed by atoms with E-state index in [1.165, 1.54) is 0 Å². The second-order valence-electron chi connectivity index (χ2n) is 5.78. The molecule has 0 amide bonds. The van der Waals surface area contributed by atoms with E-state index in [9.17, 15) is 0 Å². The van der Waals surface area contributed by atoms with Gasteiger partial charge in [-0.15, -0.1) is 17.5 Å². The highest BCUT2D eigenvalue weighted by Gasteiger charge is 2.10. The predicted octanol–water partition coefficient (Wildman–Crippen LogP) is 2.70. The fourth-order valence-electron chi connectivity index (χ4n) is 2.56. The first kappa shape index (κ1) is 18.9. The summed E-state index contributed by atoms with van der Waals surface area (Å²) in [6, 6.07) is 11.9. The molecule has 0 saturated heterocycles. The Labute approximate surface area is 153 Å². The molecule has 0 spiro atoms. The maximum Gasteiger partial charge on any atom is 0.213 e.